The Morgan fingerprint density at radius 1 is 1.30 bits per heavy atom. The van der Waals surface area contributed by atoms with Gasteiger partial charge in [-0.1, -0.05) is 18.2 Å². The number of hydrogen-bond acceptors (Lipinski definition) is 4. The molecule has 0 aliphatic heterocycles. The van der Waals surface area contributed by atoms with Crippen molar-refractivity contribution in [1.29, 1.82) is 5.26 Å². The third-order valence-electron chi connectivity index (χ3n) is 4.28. The van der Waals surface area contributed by atoms with Crippen LogP contribution < -0.4 is 10.6 Å². The summed E-state index contributed by atoms with van der Waals surface area (Å²) in [5.74, 6) is -0.369. The standard InChI is InChI=1S/C21H20N4O2/c1-14-10-17(26)6-7-19(14)25-21(27)16(11-22)12-23-9-8-15-13-24-20-5-3-2-4-18(15)20/h2-7,10,12-13,23-24,26H,8-9H2,1H3,(H,25,27)/b16-12-. The highest BCUT2D eigenvalue weighted by atomic mass is 16.3. The van der Waals surface area contributed by atoms with Crippen molar-refractivity contribution in [3.05, 3.63) is 71.6 Å². The number of aryl methyl sites for hydroxylation is 1. The summed E-state index contributed by atoms with van der Waals surface area (Å²) in [4.78, 5) is 15.5. The highest BCUT2D eigenvalue weighted by molar-refractivity contribution is 6.06. The molecular weight excluding hydrogens is 340 g/mol. The average molecular weight is 360 g/mol. The number of nitrogens with zero attached hydrogens (tertiary/aromatic N) is 1. The number of H-pyrrole nitrogens is 1. The Morgan fingerprint density at radius 2 is 2.11 bits per heavy atom. The van der Waals surface area contributed by atoms with Crippen LogP contribution in [0.1, 0.15) is 11.1 Å². The summed E-state index contributed by atoms with van der Waals surface area (Å²) in [5.41, 5.74) is 3.52. The normalized spacial score (nSPS) is 11.2. The number of anilines is 1. The fraction of sp³-hybridized carbons (Fsp3) is 0.143. The van der Waals surface area contributed by atoms with Gasteiger partial charge in [-0.25, -0.2) is 0 Å². The molecule has 3 aromatic rings. The van der Waals surface area contributed by atoms with E-state index in [0.717, 1.165) is 11.9 Å². The van der Waals surface area contributed by atoms with Crippen LogP contribution in [0.25, 0.3) is 10.9 Å². The number of rotatable bonds is 6. The van der Waals surface area contributed by atoms with Crippen molar-refractivity contribution in [2.24, 2.45) is 0 Å². The maximum Gasteiger partial charge on any atom is 0.267 e. The second-order valence-corrected chi connectivity index (χ2v) is 6.19. The predicted octanol–water partition coefficient (Wildman–Crippen LogP) is 3.36. The summed E-state index contributed by atoms with van der Waals surface area (Å²) in [7, 11) is 0. The molecule has 0 saturated carbocycles. The van der Waals surface area contributed by atoms with Crippen molar-refractivity contribution >= 4 is 22.5 Å². The van der Waals surface area contributed by atoms with Crippen LogP contribution in [-0.4, -0.2) is 22.5 Å². The number of carbonyl (C=O) groups excluding carboxylic acids is 1. The molecule has 0 aliphatic rings. The number of hydrogen-bond donors (Lipinski definition) is 4. The smallest absolute Gasteiger partial charge is 0.267 e. The van der Waals surface area contributed by atoms with Gasteiger partial charge in [0.15, 0.2) is 0 Å². The lowest BCUT2D eigenvalue weighted by molar-refractivity contribution is -0.112. The Bertz CT molecular complexity index is 1040. The van der Waals surface area contributed by atoms with Crippen molar-refractivity contribution < 1.29 is 9.90 Å². The number of nitrogens with one attached hydrogen (secondary N) is 3. The molecule has 0 atom stereocenters. The zero-order chi connectivity index (χ0) is 19.2. The topological polar surface area (TPSA) is 101 Å². The van der Waals surface area contributed by atoms with Crippen LogP contribution >= 0.6 is 0 Å². The maximum absolute atomic E-state index is 12.3. The molecule has 4 N–H and O–H groups in total. The third kappa shape index (κ3) is 4.28. The minimum atomic E-state index is -0.495. The van der Waals surface area contributed by atoms with E-state index < -0.39 is 5.91 Å². The molecule has 6 nitrogen and oxygen atoms in total. The van der Waals surface area contributed by atoms with Crippen molar-refractivity contribution in [1.82, 2.24) is 10.3 Å². The van der Waals surface area contributed by atoms with Gasteiger partial charge in [0.25, 0.3) is 5.91 Å². The van der Waals surface area contributed by atoms with Gasteiger partial charge < -0.3 is 20.7 Å². The second kappa shape index (κ2) is 8.11. The van der Waals surface area contributed by atoms with Gasteiger partial charge >= 0.3 is 0 Å². The van der Waals surface area contributed by atoms with Crippen LogP contribution in [0, 0.1) is 18.3 Å². The molecule has 0 bridgehead atoms. The molecule has 6 heteroatoms. The van der Waals surface area contributed by atoms with Crippen molar-refractivity contribution in [3.8, 4) is 11.8 Å². The molecule has 0 spiro atoms. The van der Waals surface area contributed by atoms with E-state index in [1.165, 1.54) is 23.2 Å². The molecule has 1 aromatic heterocycles. The summed E-state index contributed by atoms with van der Waals surface area (Å²) in [6, 6.07) is 14.6. The summed E-state index contributed by atoms with van der Waals surface area (Å²) < 4.78 is 0. The number of aromatic amines is 1. The maximum atomic E-state index is 12.3. The minimum Gasteiger partial charge on any atom is -0.508 e. The Hall–Kier alpha value is -3.72. The quantitative estimate of drug-likeness (QED) is 0.234. The molecule has 0 fully saturated rings. The van der Waals surface area contributed by atoms with E-state index in [0.29, 0.717) is 17.8 Å². The molecular formula is C21H20N4O2. The van der Waals surface area contributed by atoms with Gasteiger partial charge in [-0.15, -0.1) is 0 Å². The minimum absolute atomic E-state index is 0.0126. The summed E-state index contributed by atoms with van der Waals surface area (Å²) in [6.45, 7) is 2.36. The summed E-state index contributed by atoms with van der Waals surface area (Å²) >= 11 is 0. The van der Waals surface area contributed by atoms with Crippen LogP contribution in [-0.2, 0) is 11.2 Å². The Kier molecular flexibility index (Phi) is 5.43. The van der Waals surface area contributed by atoms with Crippen LogP contribution in [0.5, 0.6) is 5.75 Å². The molecule has 136 valence electrons. The highest BCUT2D eigenvalue weighted by Crippen LogP contribution is 2.20. The zero-order valence-corrected chi connectivity index (χ0v) is 14.9. The molecule has 3 rings (SSSR count). The Labute approximate surface area is 157 Å². The number of benzene rings is 2. The lowest BCUT2D eigenvalue weighted by Crippen LogP contribution is -2.18. The van der Waals surface area contributed by atoms with Crippen molar-refractivity contribution in [3.63, 3.8) is 0 Å². The number of phenolic OH excluding ortho intramolecular Hbond substituents is 1. The second-order valence-electron chi connectivity index (χ2n) is 6.19. The first-order valence-electron chi connectivity index (χ1n) is 8.58. The fourth-order valence-electron chi connectivity index (χ4n) is 2.85. The number of nitriles is 1. The van der Waals surface area contributed by atoms with Gasteiger partial charge in [0.1, 0.15) is 17.4 Å². The SMILES string of the molecule is Cc1cc(O)ccc1NC(=O)/C(C#N)=C\NCCc1c[nH]c2ccccc12. The summed E-state index contributed by atoms with van der Waals surface area (Å²) in [5, 5.41) is 25.6. The largest absolute Gasteiger partial charge is 0.508 e. The molecule has 0 aliphatic carbocycles. The lowest BCUT2D eigenvalue weighted by Gasteiger charge is -2.08. The van der Waals surface area contributed by atoms with Crippen LogP contribution in [0.3, 0.4) is 0 Å². The van der Waals surface area contributed by atoms with E-state index in [1.54, 1.807) is 19.1 Å². The molecule has 1 amide bonds. The average Bonchev–Trinajstić information content (AvgIpc) is 3.07. The molecule has 0 radical (unpaired) electrons. The van der Waals surface area contributed by atoms with E-state index in [2.05, 4.69) is 21.7 Å². The van der Waals surface area contributed by atoms with Gasteiger partial charge in [-0.2, -0.15) is 5.26 Å². The number of aromatic hydroxyl groups is 1. The number of para-hydroxylation sites is 1. The van der Waals surface area contributed by atoms with Gasteiger partial charge in [-0.05, 0) is 48.7 Å². The molecule has 1 heterocycles. The van der Waals surface area contributed by atoms with Crippen LogP contribution in [0.4, 0.5) is 5.69 Å². The molecule has 2 aromatic carbocycles. The van der Waals surface area contributed by atoms with Gasteiger partial charge in [0, 0.05) is 35.5 Å². The summed E-state index contributed by atoms with van der Waals surface area (Å²) in [6.07, 6.45) is 4.17. The first-order chi connectivity index (χ1) is 13.1. The van der Waals surface area contributed by atoms with Crippen molar-refractivity contribution in [2.45, 2.75) is 13.3 Å². The first kappa shape index (κ1) is 18.1. The van der Waals surface area contributed by atoms with Crippen LogP contribution in [0.2, 0.25) is 0 Å². The first-order valence-corrected chi connectivity index (χ1v) is 8.58. The fourth-order valence-corrected chi connectivity index (χ4v) is 2.85. The molecule has 27 heavy (non-hydrogen) atoms. The molecule has 0 saturated heterocycles. The monoisotopic (exact) mass is 360 g/mol. The van der Waals surface area contributed by atoms with Gasteiger partial charge in [0.05, 0.1) is 0 Å². The van der Waals surface area contributed by atoms with Crippen molar-refractivity contribution in [2.75, 3.05) is 11.9 Å². The highest BCUT2D eigenvalue weighted by Gasteiger charge is 2.11. The lowest BCUT2D eigenvalue weighted by atomic mass is 10.1. The number of amides is 1. The molecule has 0 unspecified atom stereocenters. The Balaban J connectivity index is 1.59. The van der Waals surface area contributed by atoms with Gasteiger partial charge in [0.2, 0.25) is 0 Å². The number of phenols is 1. The van der Waals surface area contributed by atoms with E-state index in [-0.39, 0.29) is 11.3 Å². The van der Waals surface area contributed by atoms with E-state index in [1.807, 2.05) is 30.5 Å². The number of aromatic nitrogens is 1. The third-order valence-corrected chi connectivity index (χ3v) is 4.28. The zero-order valence-electron chi connectivity index (χ0n) is 14.9. The number of carbonyl (C=O) groups is 1. The predicted molar refractivity (Wildman–Crippen MR) is 105 cm³/mol. The van der Waals surface area contributed by atoms with E-state index in [4.69, 9.17) is 0 Å². The Morgan fingerprint density at radius 3 is 2.89 bits per heavy atom. The van der Waals surface area contributed by atoms with E-state index >= 15 is 0 Å². The van der Waals surface area contributed by atoms with E-state index in [9.17, 15) is 15.2 Å². The number of fused-ring (bicyclic) bond motifs is 1. The van der Waals surface area contributed by atoms with Crippen LogP contribution in [0.15, 0.2) is 60.4 Å². The van der Waals surface area contributed by atoms with Gasteiger partial charge in [-0.3, -0.25) is 4.79 Å².